The monoisotopic (exact) mass is 482 g/mol. The Hall–Kier alpha value is -3.59. The van der Waals surface area contributed by atoms with Crippen molar-refractivity contribution in [3.8, 4) is 34.0 Å². The number of ether oxygens (including phenoxy) is 1. The van der Waals surface area contributed by atoms with Gasteiger partial charge in [0.15, 0.2) is 0 Å². The number of halogens is 1. The van der Waals surface area contributed by atoms with E-state index in [4.69, 9.17) is 4.74 Å². The maximum absolute atomic E-state index is 12.0. The molecule has 0 spiro atoms. The minimum Gasteiger partial charge on any atom is -0.507 e. The Morgan fingerprint density at radius 3 is 2.33 bits per heavy atom. The first-order valence-electron chi connectivity index (χ1n) is 9.73. The number of nitrogens with one attached hydrogen (secondary N) is 1. The molecule has 5 aromatic rings. The molecule has 0 aliphatic heterocycles. The highest BCUT2D eigenvalue weighted by atomic mass is 35.5. The van der Waals surface area contributed by atoms with Crippen LogP contribution in [0.25, 0.3) is 44.3 Å². The quantitative estimate of drug-likeness (QED) is 0.294. The number of methoxy groups -OCH3 is 1. The number of phenols is 1. The van der Waals surface area contributed by atoms with Crippen molar-refractivity contribution in [2.24, 2.45) is 0 Å². The number of fused-ring (bicyclic) bond motifs is 3. The van der Waals surface area contributed by atoms with E-state index >= 15 is 0 Å². The molecule has 0 saturated heterocycles. The lowest BCUT2D eigenvalue weighted by Crippen LogP contribution is -1.99. The zero-order valence-electron chi connectivity index (χ0n) is 17.3. The van der Waals surface area contributed by atoms with Gasteiger partial charge < -0.3 is 14.8 Å². The first-order chi connectivity index (χ1) is 15.4. The normalized spacial score (nSPS) is 11.5. The van der Waals surface area contributed by atoms with Gasteiger partial charge in [0.05, 0.1) is 23.6 Å². The smallest absolute Gasteiger partial charge is 0.295 e. The lowest BCUT2D eigenvalue weighted by atomic mass is 10.0. The molecule has 0 unspecified atom stereocenters. The van der Waals surface area contributed by atoms with Crippen LogP contribution in [-0.4, -0.2) is 35.2 Å². The SMILES string of the molecule is COc1c(-c2ccccc2)cccc1-c1nc2c(cc(S(=O)(=O)O)c3cccc(O)c32)[nH]1.Cl. The molecule has 0 aliphatic carbocycles. The number of aromatic nitrogens is 2. The highest BCUT2D eigenvalue weighted by Crippen LogP contribution is 2.41. The summed E-state index contributed by atoms with van der Waals surface area (Å²) >= 11 is 0. The van der Waals surface area contributed by atoms with Gasteiger partial charge >= 0.3 is 0 Å². The number of aromatic hydroxyl groups is 1. The number of para-hydroxylation sites is 1. The first kappa shape index (κ1) is 22.6. The summed E-state index contributed by atoms with van der Waals surface area (Å²) in [4.78, 5) is 7.48. The van der Waals surface area contributed by atoms with Crippen molar-refractivity contribution < 1.29 is 22.8 Å². The van der Waals surface area contributed by atoms with Crippen molar-refractivity contribution in [3.05, 3.63) is 72.8 Å². The van der Waals surface area contributed by atoms with Gasteiger partial charge in [0.1, 0.15) is 27.7 Å². The van der Waals surface area contributed by atoms with Gasteiger partial charge in [-0.2, -0.15) is 8.42 Å². The van der Waals surface area contributed by atoms with E-state index in [2.05, 4.69) is 9.97 Å². The van der Waals surface area contributed by atoms with Crippen LogP contribution in [0.4, 0.5) is 0 Å². The molecule has 0 fully saturated rings. The minimum absolute atomic E-state index is 0. The van der Waals surface area contributed by atoms with Crippen LogP contribution in [0.5, 0.6) is 11.5 Å². The molecule has 0 radical (unpaired) electrons. The number of aromatic amines is 1. The fourth-order valence-corrected chi connectivity index (χ4v) is 4.73. The number of hydrogen-bond donors (Lipinski definition) is 3. The molecule has 33 heavy (non-hydrogen) atoms. The van der Waals surface area contributed by atoms with Crippen molar-refractivity contribution >= 4 is 44.3 Å². The number of H-pyrrole nitrogens is 1. The zero-order chi connectivity index (χ0) is 22.5. The average molecular weight is 483 g/mol. The molecule has 7 nitrogen and oxygen atoms in total. The summed E-state index contributed by atoms with van der Waals surface area (Å²) in [5, 5.41) is 10.9. The largest absolute Gasteiger partial charge is 0.507 e. The molecule has 9 heteroatoms. The summed E-state index contributed by atoms with van der Waals surface area (Å²) in [5.41, 5.74) is 3.25. The van der Waals surface area contributed by atoms with E-state index in [1.807, 2.05) is 48.5 Å². The van der Waals surface area contributed by atoms with Crippen molar-refractivity contribution in [1.82, 2.24) is 9.97 Å². The number of nitrogens with zero attached hydrogens (tertiary/aromatic N) is 1. The molecule has 168 valence electrons. The number of hydrogen-bond acceptors (Lipinski definition) is 5. The van der Waals surface area contributed by atoms with Gasteiger partial charge in [0, 0.05) is 10.9 Å². The third-order valence-corrected chi connectivity index (χ3v) is 6.28. The molecule has 4 aromatic carbocycles. The molecule has 1 heterocycles. The van der Waals surface area contributed by atoms with Crippen molar-refractivity contribution in [2.75, 3.05) is 7.11 Å². The summed E-state index contributed by atoms with van der Waals surface area (Å²) < 4.78 is 39.5. The summed E-state index contributed by atoms with van der Waals surface area (Å²) in [6.07, 6.45) is 0. The topological polar surface area (TPSA) is 113 Å². The Morgan fingerprint density at radius 2 is 1.64 bits per heavy atom. The van der Waals surface area contributed by atoms with Gasteiger partial charge in [0.2, 0.25) is 0 Å². The van der Waals surface area contributed by atoms with E-state index in [-0.39, 0.29) is 33.8 Å². The van der Waals surface area contributed by atoms with E-state index in [0.29, 0.717) is 28.2 Å². The molecular formula is C24H19ClN2O5S. The zero-order valence-corrected chi connectivity index (χ0v) is 18.9. The third-order valence-electron chi connectivity index (χ3n) is 5.39. The summed E-state index contributed by atoms with van der Waals surface area (Å²) in [5.74, 6) is 0.897. The van der Waals surface area contributed by atoms with Crippen LogP contribution in [0.3, 0.4) is 0 Å². The van der Waals surface area contributed by atoms with Crippen LogP contribution >= 0.6 is 12.4 Å². The van der Waals surface area contributed by atoms with Crippen LogP contribution in [0.15, 0.2) is 77.7 Å². The number of benzene rings is 4. The van der Waals surface area contributed by atoms with Gasteiger partial charge in [-0.1, -0.05) is 54.6 Å². The van der Waals surface area contributed by atoms with Crippen LogP contribution in [-0.2, 0) is 10.1 Å². The van der Waals surface area contributed by atoms with E-state index in [9.17, 15) is 18.1 Å². The maximum atomic E-state index is 12.0. The molecular weight excluding hydrogens is 464 g/mol. The van der Waals surface area contributed by atoms with Crippen LogP contribution in [0.2, 0.25) is 0 Å². The highest BCUT2D eigenvalue weighted by Gasteiger charge is 2.22. The van der Waals surface area contributed by atoms with Crippen LogP contribution in [0, 0.1) is 0 Å². The van der Waals surface area contributed by atoms with Gasteiger partial charge in [-0.3, -0.25) is 4.55 Å². The second-order valence-electron chi connectivity index (χ2n) is 7.28. The van der Waals surface area contributed by atoms with Gasteiger partial charge in [-0.25, -0.2) is 4.98 Å². The second kappa shape index (κ2) is 8.40. The Morgan fingerprint density at radius 1 is 0.939 bits per heavy atom. The molecule has 0 bridgehead atoms. The number of rotatable bonds is 4. The first-order valence-corrected chi connectivity index (χ1v) is 11.2. The minimum atomic E-state index is -4.53. The molecule has 0 amide bonds. The van der Waals surface area contributed by atoms with Crippen molar-refractivity contribution in [1.29, 1.82) is 0 Å². The summed E-state index contributed by atoms with van der Waals surface area (Å²) in [7, 11) is -2.96. The predicted octanol–water partition coefficient (Wildman–Crippen LogP) is 5.43. The lowest BCUT2D eigenvalue weighted by Gasteiger charge is -2.12. The highest BCUT2D eigenvalue weighted by molar-refractivity contribution is 7.86. The fraction of sp³-hybridized carbons (Fsp3) is 0.0417. The Labute approximate surface area is 195 Å². The molecule has 0 aliphatic rings. The Bertz CT molecular complexity index is 1600. The Balaban J connectivity index is 0.00000259. The summed E-state index contributed by atoms with van der Waals surface area (Å²) in [6, 6.07) is 21.2. The van der Waals surface area contributed by atoms with E-state index in [0.717, 1.165) is 11.1 Å². The van der Waals surface area contributed by atoms with Crippen molar-refractivity contribution in [2.45, 2.75) is 4.90 Å². The number of imidazole rings is 1. The van der Waals surface area contributed by atoms with Crippen LogP contribution < -0.4 is 4.74 Å². The van der Waals surface area contributed by atoms with E-state index in [1.165, 1.54) is 24.3 Å². The van der Waals surface area contributed by atoms with Gasteiger partial charge in [0.25, 0.3) is 10.1 Å². The third kappa shape index (κ3) is 3.78. The summed E-state index contributed by atoms with van der Waals surface area (Å²) in [6.45, 7) is 0. The van der Waals surface area contributed by atoms with Crippen LogP contribution in [0.1, 0.15) is 0 Å². The van der Waals surface area contributed by atoms with Gasteiger partial charge in [-0.05, 0) is 23.8 Å². The number of phenolic OH excluding ortho intramolecular Hbond substituents is 1. The molecule has 0 saturated carbocycles. The van der Waals surface area contributed by atoms with Crippen molar-refractivity contribution in [3.63, 3.8) is 0 Å². The predicted molar refractivity (Wildman–Crippen MR) is 130 cm³/mol. The van der Waals surface area contributed by atoms with Gasteiger partial charge in [-0.15, -0.1) is 12.4 Å². The molecule has 5 rings (SSSR count). The van der Waals surface area contributed by atoms with E-state index in [1.54, 1.807) is 7.11 Å². The lowest BCUT2D eigenvalue weighted by molar-refractivity contribution is 0.418. The average Bonchev–Trinajstić information content (AvgIpc) is 3.22. The standard InChI is InChI=1S/C24H18N2O5S.ClH/c1-31-23-15(14-7-3-2-4-8-14)9-5-11-17(23)24-25-18-13-20(32(28,29)30)16-10-6-12-19(27)21(16)22(18)26-24;/h2-13,27H,1H3,(H,25,26)(H,28,29,30);1H. The molecule has 1 aromatic heterocycles. The maximum Gasteiger partial charge on any atom is 0.295 e. The second-order valence-corrected chi connectivity index (χ2v) is 8.67. The fourth-order valence-electron chi connectivity index (χ4n) is 4.01. The molecule has 3 N–H and O–H groups in total. The van der Waals surface area contributed by atoms with E-state index < -0.39 is 10.1 Å². The molecule has 0 atom stereocenters. The Kier molecular flexibility index (Phi) is 5.75.